The van der Waals surface area contributed by atoms with Gasteiger partial charge in [0.2, 0.25) is 0 Å². The Hall–Kier alpha value is -2.84. The number of ketones is 1. The highest BCUT2D eigenvalue weighted by Crippen LogP contribution is 2.41. The van der Waals surface area contributed by atoms with E-state index >= 15 is 0 Å². The molecule has 0 aromatic heterocycles. The zero-order chi connectivity index (χ0) is 23.2. The normalized spacial score (nSPS) is 13.0. The molecule has 0 heterocycles. The molecule has 0 aliphatic rings. The van der Waals surface area contributed by atoms with Gasteiger partial charge < -0.3 is 4.74 Å². The van der Waals surface area contributed by atoms with Gasteiger partial charge in [-0.1, -0.05) is 56.2 Å². The number of esters is 1. The van der Waals surface area contributed by atoms with Crippen molar-refractivity contribution in [2.45, 2.75) is 44.5 Å². The van der Waals surface area contributed by atoms with Crippen LogP contribution >= 0.6 is 0 Å². The van der Waals surface area contributed by atoms with Gasteiger partial charge in [0.25, 0.3) is 0 Å². The van der Waals surface area contributed by atoms with Crippen molar-refractivity contribution in [3.63, 3.8) is 0 Å². The minimum atomic E-state index is -5.24. The first-order valence-electron chi connectivity index (χ1n) is 9.51. The Balaban J connectivity index is 2.60. The van der Waals surface area contributed by atoms with E-state index in [1.165, 1.54) is 30.3 Å². The number of carbonyl (C=O) groups is 2. The summed E-state index contributed by atoms with van der Waals surface area (Å²) in [5.74, 6) is -4.78. The summed E-state index contributed by atoms with van der Waals surface area (Å²) in [6, 6.07) is 8.26. The van der Waals surface area contributed by atoms with E-state index in [9.17, 15) is 35.9 Å². The number of unbranched alkanes of at least 4 members (excludes halogenated alkanes) is 2. The summed E-state index contributed by atoms with van der Waals surface area (Å²) >= 11 is 0. The molecule has 168 valence electrons. The molecule has 0 amide bonds. The summed E-state index contributed by atoms with van der Waals surface area (Å²) in [5.41, 5.74) is -5.17. The molecule has 1 atom stereocenters. The fraction of sp³-hybridized carbons (Fsp3) is 0.364. The van der Waals surface area contributed by atoms with Crippen LogP contribution in [0.5, 0.6) is 0 Å². The average Bonchev–Trinajstić information content (AvgIpc) is 2.70. The highest BCUT2D eigenvalue weighted by Gasteiger charge is 2.45. The van der Waals surface area contributed by atoms with Gasteiger partial charge in [-0.15, -0.1) is 0 Å². The molecule has 9 heteroatoms. The topological polar surface area (TPSA) is 43.4 Å². The van der Waals surface area contributed by atoms with Gasteiger partial charge in [-0.2, -0.15) is 26.3 Å². The van der Waals surface area contributed by atoms with Gasteiger partial charge >= 0.3 is 18.3 Å². The first-order valence-corrected chi connectivity index (χ1v) is 9.51. The summed E-state index contributed by atoms with van der Waals surface area (Å²) in [6.07, 6.45) is -8.53. The van der Waals surface area contributed by atoms with Crippen LogP contribution in [0.1, 0.15) is 59.2 Å². The number of hydrogen-bond donors (Lipinski definition) is 0. The molecule has 0 spiro atoms. The molecule has 2 aromatic rings. The Labute approximate surface area is 175 Å². The van der Waals surface area contributed by atoms with E-state index in [0.717, 1.165) is 6.42 Å². The lowest BCUT2D eigenvalue weighted by atomic mass is 9.85. The molecule has 0 aliphatic heterocycles. The lowest BCUT2D eigenvalue weighted by Gasteiger charge is -2.21. The van der Waals surface area contributed by atoms with E-state index < -0.39 is 46.7 Å². The molecule has 2 aromatic carbocycles. The standard InChI is InChI=1S/C22H20F6O3/c1-2-3-7-13-31-20(30)17(14-9-5-4-6-10-14)19(29)18-15(21(23,24)25)11-8-12-16(18)22(26,27)28/h4-6,8-12,17H,2-3,7,13H2,1H3. The number of halogens is 6. The largest absolute Gasteiger partial charge is 0.465 e. The van der Waals surface area contributed by atoms with Crippen molar-refractivity contribution in [3.05, 3.63) is 70.8 Å². The molecule has 0 N–H and O–H groups in total. The van der Waals surface area contributed by atoms with Crippen LogP contribution in [0.4, 0.5) is 26.3 Å². The quantitative estimate of drug-likeness (QED) is 0.154. The fourth-order valence-electron chi connectivity index (χ4n) is 3.08. The molecular weight excluding hydrogens is 426 g/mol. The number of Topliss-reactive ketones (excluding diaryl/α,β-unsaturated/α-hetero) is 1. The molecule has 0 saturated carbocycles. The van der Waals surface area contributed by atoms with E-state index in [0.29, 0.717) is 31.0 Å². The fourth-order valence-corrected chi connectivity index (χ4v) is 3.08. The van der Waals surface area contributed by atoms with Crippen LogP contribution in [-0.2, 0) is 21.9 Å². The third kappa shape index (κ3) is 6.08. The molecule has 31 heavy (non-hydrogen) atoms. The maximum atomic E-state index is 13.5. The Morgan fingerprint density at radius 1 is 0.839 bits per heavy atom. The minimum absolute atomic E-state index is 0.0573. The van der Waals surface area contributed by atoms with E-state index in [1.807, 2.05) is 6.92 Å². The van der Waals surface area contributed by atoms with Crippen LogP contribution in [0.2, 0.25) is 0 Å². The van der Waals surface area contributed by atoms with Crippen LogP contribution in [0, 0.1) is 0 Å². The van der Waals surface area contributed by atoms with Gasteiger partial charge in [0.1, 0.15) is 5.92 Å². The van der Waals surface area contributed by atoms with Gasteiger partial charge in [0.05, 0.1) is 17.7 Å². The van der Waals surface area contributed by atoms with Crippen molar-refractivity contribution in [1.29, 1.82) is 0 Å². The van der Waals surface area contributed by atoms with Crippen molar-refractivity contribution >= 4 is 11.8 Å². The molecule has 0 fully saturated rings. The van der Waals surface area contributed by atoms with Gasteiger partial charge in [-0.05, 0) is 24.1 Å². The van der Waals surface area contributed by atoms with Gasteiger partial charge in [0, 0.05) is 5.56 Å². The third-order valence-electron chi connectivity index (χ3n) is 4.54. The second kappa shape index (κ2) is 9.98. The summed E-state index contributed by atoms with van der Waals surface area (Å²) in [4.78, 5) is 25.7. The molecule has 0 saturated heterocycles. The Morgan fingerprint density at radius 2 is 1.39 bits per heavy atom. The molecular formula is C22H20F6O3. The van der Waals surface area contributed by atoms with Crippen molar-refractivity contribution in [2.24, 2.45) is 0 Å². The van der Waals surface area contributed by atoms with Crippen LogP contribution < -0.4 is 0 Å². The highest BCUT2D eigenvalue weighted by atomic mass is 19.4. The smallest absolute Gasteiger partial charge is 0.417 e. The Morgan fingerprint density at radius 3 is 1.87 bits per heavy atom. The second-order valence-electron chi connectivity index (χ2n) is 6.81. The van der Waals surface area contributed by atoms with Crippen LogP contribution in [0.15, 0.2) is 48.5 Å². The minimum Gasteiger partial charge on any atom is -0.465 e. The van der Waals surface area contributed by atoms with Crippen LogP contribution in [-0.4, -0.2) is 18.4 Å². The number of ether oxygens (including phenoxy) is 1. The first kappa shape index (κ1) is 24.4. The van der Waals surface area contributed by atoms with Crippen molar-refractivity contribution < 1.29 is 40.7 Å². The van der Waals surface area contributed by atoms with Gasteiger partial charge in [0.15, 0.2) is 5.78 Å². The maximum absolute atomic E-state index is 13.5. The number of hydrogen-bond acceptors (Lipinski definition) is 3. The van der Waals surface area contributed by atoms with Gasteiger partial charge in [-0.3, -0.25) is 9.59 Å². The number of carbonyl (C=O) groups excluding carboxylic acids is 2. The van der Waals surface area contributed by atoms with Crippen LogP contribution in [0.25, 0.3) is 0 Å². The lowest BCUT2D eigenvalue weighted by molar-refractivity contribution is -0.146. The van der Waals surface area contributed by atoms with Crippen molar-refractivity contribution in [3.8, 4) is 0 Å². The summed E-state index contributed by atoms with van der Waals surface area (Å²) in [6.45, 7) is 1.79. The zero-order valence-corrected chi connectivity index (χ0v) is 16.5. The summed E-state index contributed by atoms with van der Waals surface area (Å²) in [5, 5.41) is 0. The molecule has 0 aliphatic carbocycles. The molecule has 2 rings (SSSR count). The van der Waals surface area contributed by atoms with E-state index in [-0.39, 0.29) is 12.2 Å². The monoisotopic (exact) mass is 446 g/mol. The Kier molecular flexibility index (Phi) is 7.86. The van der Waals surface area contributed by atoms with E-state index in [1.54, 1.807) is 0 Å². The van der Waals surface area contributed by atoms with E-state index in [4.69, 9.17) is 4.74 Å². The molecule has 3 nitrogen and oxygen atoms in total. The number of benzene rings is 2. The maximum Gasteiger partial charge on any atom is 0.417 e. The number of rotatable bonds is 8. The SMILES string of the molecule is CCCCCOC(=O)C(C(=O)c1c(C(F)(F)F)cccc1C(F)(F)F)c1ccccc1. The predicted octanol–water partition coefficient (Wildman–Crippen LogP) is 6.42. The summed E-state index contributed by atoms with van der Waals surface area (Å²) in [7, 11) is 0. The van der Waals surface area contributed by atoms with Crippen molar-refractivity contribution in [2.75, 3.05) is 6.61 Å². The highest BCUT2D eigenvalue weighted by molar-refractivity contribution is 6.14. The molecule has 0 bridgehead atoms. The molecule has 1 unspecified atom stereocenters. The summed E-state index contributed by atoms with van der Waals surface area (Å²) < 4.78 is 86.0. The van der Waals surface area contributed by atoms with E-state index in [2.05, 4.69) is 0 Å². The average molecular weight is 446 g/mol. The predicted molar refractivity (Wildman–Crippen MR) is 100 cm³/mol. The van der Waals surface area contributed by atoms with Gasteiger partial charge in [-0.25, -0.2) is 0 Å². The third-order valence-corrected chi connectivity index (χ3v) is 4.54. The van der Waals surface area contributed by atoms with Crippen molar-refractivity contribution in [1.82, 2.24) is 0 Å². The lowest BCUT2D eigenvalue weighted by Crippen LogP contribution is -2.29. The number of alkyl halides is 6. The Bertz CT molecular complexity index is 871. The zero-order valence-electron chi connectivity index (χ0n) is 16.5. The second-order valence-corrected chi connectivity index (χ2v) is 6.81. The van der Waals surface area contributed by atoms with Crippen LogP contribution in [0.3, 0.4) is 0 Å². The molecule has 0 radical (unpaired) electrons. The first-order chi connectivity index (χ1) is 14.5.